The van der Waals surface area contributed by atoms with E-state index in [2.05, 4.69) is 10.6 Å². The lowest BCUT2D eigenvalue weighted by Gasteiger charge is -2.35. The summed E-state index contributed by atoms with van der Waals surface area (Å²) in [6.07, 6.45) is 0.105. The van der Waals surface area contributed by atoms with Crippen LogP contribution in [0.25, 0.3) is 0 Å². The molecule has 0 spiro atoms. The van der Waals surface area contributed by atoms with Crippen molar-refractivity contribution in [1.29, 1.82) is 0 Å². The minimum absolute atomic E-state index is 0.105. The molecule has 6 heteroatoms. The van der Waals surface area contributed by atoms with Gasteiger partial charge < -0.3 is 15.5 Å². The van der Waals surface area contributed by atoms with Crippen molar-refractivity contribution in [3.05, 3.63) is 35.6 Å². The number of likely N-dealkylation sites (N-methyl/N-ethyl adjacent to an activating group) is 1. The van der Waals surface area contributed by atoms with Gasteiger partial charge in [-0.25, -0.2) is 4.39 Å². The molecule has 0 radical (unpaired) electrons. The third-order valence-electron chi connectivity index (χ3n) is 3.46. The Morgan fingerprint density at radius 1 is 1.48 bits per heavy atom. The van der Waals surface area contributed by atoms with Gasteiger partial charge in [-0.05, 0) is 24.6 Å². The van der Waals surface area contributed by atoms with Gasteiger partial charge in [0.2, 0.25) is 11.8 Å². The van der Waals surface area contributed by atoms with Crippen molar-refractivity contribution in [2.45, 2.75) is 19.4 Å². The van der Waals surface area contributed by atoms with Gasteiger partial charge in [-0.15, -0.1) is 0 Å². The predicted octanol–water partition coefficient (Wildman–Crippen LogP) is 0.305. The van der Waals surface area contributed by atoms with Crippen LogP contribution >= 0.6 is 0 Å². The van der Waals surface area contributed by atoms with Gasteiger partial charge in [-0.3, -0.25) is 9.59 Å². The number of carbonyl (C=O) groups excluding carboxylic acids is 2. The van der Waals surface area contributed by atoms with Gasteiger partial charge in [-0.2, -0.15) is 0 Å². The maximum atomic E-state index is 13.2. The van der Waals surface area contributed by atoms with Crippen LogP contribution in [0.4, 0.5) is 4.39 Å². The van der Waals surface area contributed by atoms with E-state index in [9.17, 15) is 14.0 Å². The summed E-state index contributed by atoms with van der Waals surface area (Å²) in [7, 11) is 0. The first-order chi connectivity index (χ1) is 10.1. The Hall–Kier alpha value is -1.95. The Kier molecular flexibility index (Phi) is 5.27. The van der Waals surface area contributed by atoms with E-state index in [-0.39, 0.29) is 24.1 Å². The summed E-state index contributed by atoms with van der Waals surface area (Å²) in [5, 5.41) is 5.86. The number of rotatable bonds is 4. The zero-order valence-electron chi connectivity index (χ0n) is 12.1. The van der Waals surface area contributed by atoms with E-state index in [1.165, 1.54) is 12.1 Å². The highest BCUT2D eigenvalue weighted by Gasteiger charge is 2.31. The van der Waals surface area contributed by atoms with Gasteiger partial charge in [0, 0.05) is 26.2 Å². The highest BCUT2D eigenvalue weighted by Crippen LogP contribution is 2.10. The van der Waals surface area contributed by atoms with Gasteiger partial charge in [-0.1, -0.05) is 12.1 Å². The fourth-order valence-electron chi connectivity index (χ4n) is 2.45. The van der Waals surface area contributed by atoms with Crippen molar-refractivity contribution < 1.29 is 14.0 Å². The Bertz CT molecular complexity index is 521. The van der Waals surface area contributed by atoms with Crippen LogP contribution in [0.3, 0.4) is 0 Å². The molecule has 1 aliphatic heterocycles. The molecule has 0 aromatic heterocycles. The summed E-state index contributed by atoms with van der Waals surface area (Å²) < 4.78 is 13.2. The van der Waals surface area contributed by atoms with Crippen LogP contribution in [-0.2, 0) is 16.0 Å². The summed E-state index contributed by atoms with van der Waals surface area (Å²) in [5.41, 5.74) is 0.619. The third kappa shape index (κ3) is 4.01. The highest BCUT2D eigenvalue weighted by molar-refractivity contribution is 5.88. The van der Waals surface area contributed by atoms with Crippen molar-refractivity contribution in [1.82, 2.24) is 15.5 Å². The number of amides is 2. The zero-order chi connectivity index (χ0) is 15.2. The maximum Gasteiger partial charge on any atom is 0.244 e. The van der Waals surface area contributed by atoms with Gasteiger partial charge in [0.15, 0.2) is 0 Å². The number of carbonyl (C=O) groups is 2. The minimum atomic E-state index is -0.500. The first-order valence-corrected chi connectivity index (χ1v) is 7.14. The maximum absolute atomic E-state index is 13.2. The molecule has 2 rings (SSSR count). The molecule has 0 saturated carbocycles. The average Bonchev–Trinajstić information content (AvgIpc) is 2.47. The van der Waals surface area contributed by atoms with Gasteiger partial charge in [0.05, 0.1) is 6.42 Å². The molecule has 1 aromatic carbocycles. The van der Waals surface area contributed by atoms with E-state index in [1.54, 1.807) is 17.0 Å². The summed E-state index contributed by atoms with van der Waals surface area (Å²) in [4.78, 5) is 26.0. The first kappa shape index (κ1) is 15.4. The van der Waals surface area contributed by atoms with Crippen LogP contribution in [0.2, 0.25) is 0 Å². The van der Waals surface area contributed by atoms with Crippen molar-refractivity contribution >= 4 is 11.8 Å². The third-order valence-corrected chi connectivity index (χ3v) is 3.46. The highest BCUT2D eigenvalue weighted by atomic mass is 19.1. The van der Waals surface area contributed by atoms with Gasteiger partial charge >= 0.3 is 0 Å². The summed E-state index contributed by atoms with van der Waals surface area (Å²) in [5.74, 6) is -0.670. The molecule has 1 aromatic rings. The number of hydrogen-bond acceptors (Lipinski definition) is 3. The van der Waals surface area contributed by atoms with Crippen molar-refractivity contribution in [2.24, 2.45) is 0 Å². The quantitative estimate of drug-likeness (QED) is 0.839. The molecule has 114 valence electrons. The van der Waals surface area contributed by atoms with E-state index in [0.29, 0.717) is 31.7 Å². The second-order valence-electron chi connectivity index (χ2n) is 5.01. The molecule has 1 aliphatic rings. The lowest BCUT2D eigenvalue weighted by Crippen LogP contribution is -2.59. The lowest BCUT2D eigenvalue weighted by atomic mass is 10.1. The number of nitrogens with zero attached hydrogens (tertiary/aromatic N) is 1. The normalized spacial score (nSPS) is 18.4. The molecule has 21 heavy (non-hydrogen) atoms. The second-order valence-corrected chi connectivity index (χ2v) is 5.01. The number of piperazine rings is 1. The van der Waals surface area contributed by atoms with Crippen LogP contribution in [-0.4, -0.2) is 48.9 Å². The fourth-order valence-corrected chi connectivity index (χ4v) is 2.45. The number of nitrogens with one attached hydrogen (secondary N) is 2. The van der Waals surface area contributed by atoms with Crippen LogP contribution in [0.1, 0.15) is 12.5 Å². The predicted molar refractivity (Wildman–Crippen MR) is 77.2 cm³/mol. The van der Waals surface area contributed by atoms with Crippen molar-refractivity contribution in [3.8, 4) is 0 Å². The summed E-state index contributed by atoms with van der Waals surface area (Å²) >= 11 is 0. The smallest absolute Gasteiger partial charge is 0.244 e. The topological polar surface area (TPSA) is 61.4 Å². The second kappa shape index (κ2) is 7.17. The first-order valence-electron chi connectivity index (χ1n) is 7.14. The molecule has 1 saturated heterocycles. The largest absolute Gasteiger partial charge is 0.355 e. The molecule has 2 amide bonds. The van der Waals surface area contributed by atoms with E-state index < -0.39 is 6.04 Å². The van der Waals surface area contributed by atoms with E-state index in [1.807, 2.05) is 6.92 Å². The molecule has 2 N–H and O–H groups in total. The van der Waals surface area contributed by atoms with E-state index in [0.717, 1.165) is 0 Å². The Labute approximate surface area is 123 Å². The molecule has 0 aliphatic carbocycles. The average molecular weight is 293 g/mol. The Balaban J connectivity index is 2.06. The SMILES string of the molecule is CCNC(=O)C1CNCCN1C(=O)Cc1cccc(F)c1. The molecule has 1 unspecified atom stereocenters. The summed E-state index contributed by atoms with van der Waals surface area (Å²) in [6, 6.07) is 5.48. The van der Waals surface area contributed by atoms with Crippen LogP contribution in [0, 0.1) is 5.82 Å². The molecular formula is C15H20FN3O2. The number of hydrogen-bond donors (Lipinski definition) is 2. The molecular weight excluding hydrogens is 273 g/mol. The van der Waals surface area contributed by atoms with Gasteiger partial charge in [0.25, 0.3) is 0 Å². The van der Waals surface area contributed by atoms with E-state index in [4.69, 9.17) is 0 Å². The number of halogens is 1. The van der Waals surface area contributed by atoms with Crippen LogP contribution < -0.4 is 10.6 Å². The van der Waals surface area contributed by atoms with Crippen molar-refractivity contribution in [2.75, 3.05) is 26.2 Å². The monoisotopic (exact) mass is 293 g/mol. The summed E-state index contributed by atoms with van der Waals surface area (Å²) in [6.45, 7) is 3.95. The van der Waals surface area contributed by atoms with E-state index >= 15 is 0 Å². The standard InChI is InChI=1S/C15H20FN3O2/c1-2-18-15(21)13-10-17-6-7-19(13)14(20)9-11-4-3-5-12(16)8-11/h3-5,8,13,17H,2,6-7,9-10H2,1H3,(H,18,21). The Morgan fingerprint density at radius 2 is 2.29 bits per heavy atom. The minimum Gasteiger partial charge on any atom is -0.355 e. The molecule has 5 nitrogen and oxygen atoms in total. The van der Waals surface area contributed by atoms with Gasteiger partial charge in [0.1, 0.15) is 11.9 Å². The number of benzene rings is 1. The van der Waals surface area contributed by atoms with Crippen LogP contribution in [0.15, 0.2) is 24.3 Å². The van der Waals surface area contributed by atoms with Crippen LogP contribution in [0.5, 0.6) is 0 Å². The molecule has 1 heterocycles. The molecule has 1 fully saturated rings. The fraction of sp³-hybridized carbons (Fsp3) is 0.467. The molecule has 1 atom stereocenters. The molecule has 0 bridgehead atoms. The Morgan fingerprint density at radius 3 is 3.00 bits per heavy atom. The zero-order valence-corrected chi connectivity index (χ0v) is 12.1. The van der Waals surface area contributed by atoms with Crippen molar-refractivity contribution in [3.63, 3.8) is 0 Å². The lowest BCUT2D eigenvalue weighted by molar-refractivity contribution is -0.141.